The van der Waals surface area contributed by atoms with Gasteiger partial charge in [0.1, 0.15) is 6.54 Å². The summed E-state index contributed by atoms with van der Waals surface area (Å²) in [6.45, 7) is 3.92. The van der Waals surface area contributed by atoms with Crippen molar-refractivity contribution in [2.75, 3.05) is 31.1 Å². The second-order valence-corrected chi connectivity index (χ2v) is 6.90. The van der Waals surface area contributed by atoms with Gasteiger partial charge in [-0.25, -0.2) is 4.79 Å². The Morgan fingerprint density at radius 2 is 2.00 bits per heavy atom. The van der Waals surface area contributed by atoms with E-state index in [2.05, 4.69) is 11.4 Å². The van der Waals surface area contributed by atoms with Gasteiger partial charge in [0.2, 0.25) is 5.91 Å². The molecule has 0 aliphatic carbocycles. The number of aryl methyl sites for hydroxylation is 1. The van der Waals surface area contributed by atoms with Crippen molar-refractivity contribution in [3.63, 3.8) is 0 Å². The van der Waals surface area contributed by atoms with Crippen LogP contribution in [0.25, 0.3) is 0 Å². The molecule has 1 aromatic heterocycles. The maximum absolute atomic E-state index is 12.5. The molecule has 1 aromatic carbocycles. The van der Waals surface area contributed by atoms with Crippen LogP contribution in [-0.2, 0) is 11.2 Å². The first-order valence-corrected chi connectivity index (χ1v) is 8.93. The highest BCUT2D eigenvalue weighted by Crippen LogP contribution is 2.20. The van der Waals surface area contributed by atoms with Gasteiger partial charge in [-0.3, -0.25) is 9.69 Å². The van der Waals surface area contributed by atoms with Gasteiger partial charge < -0.3 is 10.2 Å². The summed E-state index contributed by atoms with van der Waals surface area (Å²) in [7, 11) is 0. The van der Waals surface area contributed by atoms with Crippen molar-refractivity contribution in [3.05, 3.63) is 52.2 Å². The number of nitrogens with zero attached hydrogens (tertiary/aromatic N) is 2. The molecule has 6 heteroatoms. The van der Waals surface area contributed by atoms with Crippen molar-refractivity contribution in [3.8, 4) is 0 Å². The van der Waals surface area contributed by atoms with Crippen LogP contribution in [0.4, 0.5) is 10.5 Å². The smallest absolute Gasteiger partial charge is 0.325 e. The first kappa shape index (κ1) is 16.5. The number of carbonyl (C=O) groups is 2. The van der Waals surface area contributed by atoms with Crippen LogP contribution in [0.3, 0.4) is 0 Å². The molecule has 1 fully saturated rings. The maximum Gasteiger partial charge on any atom is 0.325 e. The molecule has 0 bridgehead atoms. The summed E-state index contributed by atoms with van der Waals surface area (Å²) < 4.78 is 0. The van der Waals surface area contributed by atoms with E-state index in [1.54, 1.807) is 21.1 Å². The Morgan fingerprint density at radius 1 is 1.21 bits per heavy atom. The van der Waals surface area contributed by atoms with Gasteiger partial charge in [-0.05, 0) is 36.9 Å². The molecule has 1 N–H and O–H groups in total. The first-order valence-electron chi connectivity index (χ1n) is 8.05. The molecule has 3 rings (SSSR count). The normalized spacial score (nSPS) is 14.3. The summed E-state index contributed by atoms with van der Waals surface area (Å²) in [5, 5.41) is 4.91. The fourth-order valence-electron chi connectivity index (χ4n) is 2.70. The van der Waals surface area contributed by atoms with Crippen molar-refractivity contribution in [2.24, 2.45) is 0 Å². The van der Waals surface area contributed by atoms with Crippen LogP contribution in [0.2, 0.25) is 0 Å². The zero-order valence-corrected chi connectivity index (χ0v) is 14.5. The zero-order valence-electron chi connectivity index (χ0n) is 13.7. The van der Waals surface area contributed by atoms with E-state index in [0.717, 1.165) is 17.7 Å². The van der Waals surface area contributed by atoms with Gasteiger partial charge in [0.05, 0.1) is 0 Å². The Bertz CT molecular complexity index is 698. The minimum atomic E-state index is -0.106. The van der Waals surface area contributed by atoms with Crippen molar-refractivity contribution in [2.45, 2.75) is 13.3 Å². The van der Waals surface area contributed by atoms with Crippen LogP contribution in [-0.4, -0.2) is 43.0 Å². The standard InChI is InChI=1S/C18H21N3O2S/c1-14-4-6-15(7-5-14)21-11-10-20(18(21)23)13-17(22)19-9-8-16-3-2-12-24-16/h2-7,12H,8-11,13H2,1H3,(H,19,22). The predicted octanol–water partition coefficient (Wildman–Crippen LogP) is 2.66. The van der Waals surface area contributed by atoms with Gasteiger partial charge >= 0.3 is 6.03 Å². The van der Waals surface area contributed by atoms with Gasteiger partial charge in [0.25, 0.3) is 0 Å². The van der Waals surface area contributed by atoms with Gasteiger partial charge in [-0.1, -0.05) is 23.8 Å². The molecular weight excluding hydrogens is 322 g/mol. The van der Waals surface area contributed by atoms with Crippen LogP contribution in [0.15, 0.2) is 41.8 Å². The number of anilines is 1. The van der Waals surface area contributed by atoms with Crippen molar-refractivity contribution in [1.82, 2.24) is 10.2 Å². The average Bonchev–Trinajstić information content (AvgIpc) is 3.20. The molecule has 2 aromatic rings. The maximum atomic E-state index is 12.5. The Morgan fingerprint density at radius 3 is 2.71 bits per heavy atom. The lowest BCUT2D eigenvalue weighted by atomic mass is 10.2. The topological polar surface area (TPSA) is 52.6 Å². The van der Waals surface area contributed by atoms with E-state index < -0.39 is 0 Å². The van der Waals surface area contributed by atoms with E-state index in [0.29, 0.717) is 19.6 Å². The van der Waals surface area contributed by atoms with E-state index in [1.165, 1.54) is 4.88 Å². The van der Waals surface area contributed by atoms with Gasteiger partial charge in [0, 0.05) is 30.2 Å². The van der Waals surface area contributed by atoms with Crippen molar-refractivity contribution in [1.29, 1.82) is 0 Å². The second kappa shape index (κ2) is 7.49. The molecule has 126 valence electrons. The van der Waals surface area contributed by atoms with Crippen LogP contribution < -0.4 is 10.2 Å². The molecule has 0 spiro atoms. The third kappa shape index (κ3) is 3.94. The quantitative estimate of drug-likeness (QED) is 0.877. The van der Waals surface area contributed by atoms with Crippen molar-refractivity contribution < 1.29 is 9.59 Å². The molecule has 0 atom stereocenters. The molecule has 0 radical (unpaired) electrons. The summed E-state index contributed by atoms with van der Waals surface area (Å²) in [4.78, 5) is 29.1. The van der Waals surface area contributed by atoms with E-state index in [9.17, 15) is 9.59 Å². The number of carbonyl (C=O) groups excluding carboxylic acids is 2. The number of hydrogen-bond acceptors (Lipinski definition) is 3. The number of benzene rings is 1. The number of nitrogens with one attached hydrogen (secondary N) is 1. The minimum absolute atomic E-state index is 0.104. The van der Waals surface area contributed by atoms with Gasteiger partial charge in [-0.2, -0.15) is 0 Å². The average molecular weight is 343 g/mol. The van der Waals surface area contributed by atoms with E-state index in [4.69, 9.17) is 0 Å². The fourth-order valence-corrected chi connectivity index (χ4v) is 3.41. The molecule has 1 aliphatic heterocycles. The summed E-state index contributed by atoms with van der Waals surface area (Å²) >= 11 is 1.68. The fraction of sp³-hybridized carbons (Fsp3) is 0.333. The Labute approximate surface area is 145 Å². The Balaban J connectivity index is 1.48. The number of urea groups is 1. The molecule has 24 heavy (non-hydrogen) atoms. The summed E-state index contributed by atoms with van der Waals surface area (Å²) in [5.74, 6) is -0.106. The predicted molar refractivity (Wildman–Crippen MR) is 96.5 cm³/mol. The van der Waals surface area contributed by atoms with Gasteiger partial charge in [0.15, 0.2) is 0 Å². The number of thiophene rings is 1. The third-order valence-corrected chi connectivity index (χ3v) is 4.98. The van der Waals surface area contributed by atoms with E-state index in [-0.39, 0.29) is 18.5 Å². The molecule has 1 aliphatic rings. The zero-order chi connectivity index (χ0) is 16.9. The van der Waals surface area contributed by atoms with E-state index >= 15 is 0 Å². The lowest BCUT2D eigenvalue weighted by Crippen LogP contribution is -2.40. The molecule has 5 nitrogen and oxygen atoms in total. The molecular formula is C18H21N3O2S. The summed E-state index contributed by atoms with van der Waals surface area (Å²) in [6.07, 6.45) is 0.826. The molecule has 1 saturated heterocycles. The third-order valence-electron chi connectivity index (χ3n) is 4.05. The highest BCUT2D eigenvalue weighted by molar-refractivity contribution is 7.09. The van der Waals surface area contributed by atoms with Crippen LogP contribution in [0.1, 0.15) is 10.4 Å². The number of amides is 3. The van der Waals surface area contributed by atoms with Crippen LogP contribution in [0, 0.1) is 6.92 Å². The second-order valence-electron chi connectivity index (χ2n) is 5.87. The first-order chi connectivity index (χ1) is 11.6. The lowest BCUT2D eigenvalue weighted by Gasteiger charge is -2.18. The van der Waals surface area contributed by atoms with Crippen LogP contribution >= 0.6 is 11.3 Å². The Kier molecular flexibility index (Phi) is 5.15. The van der Waals surface area contributed by atoms with Gasteiger partial charge in [-0.15, -0.1) is 11.3 Å². The molecule has 0 unspecified atom stereocenters. The highest BCUT2D eigenvalue weighted by atomic mass is 32.1. The summed E-state index contributed by atoms with van der Waals surface area (Å²) in [6, 6.07) is 11.8. The SMILES string of the molecule is Cc1ccc(N2CCN(CC(=O)NCCc3cccs3)C2=O)cc1. The highest BCUT2D eigenvalue weighted by Gasteiger charge is 2.30. The van der Waals surface area contributed by atoms with E-state index in [1.807, 2.05) is 42.6 Å². The number of rotatable bonds is 6. The Hall–Kier alpha value is -2.34. The monoisotopic (exact) mass is 343 g/mol. The minimum Gasteiger partial charge on any atom is -0.354 e. The number of hydrogen-bond donors (Lipinski definition) is 1. The lowest BCUT2D eigenvalue weighted by molar-refractivity contribution is -0.121. The van der Waals surface area contributed by atoms with Crippen molar-refractivity contribution >= 4 is 29.0 Å². The van der Waals surface area contributed by atoms with Crippen LogP contribution in [0.5, 0.6) is 0 Å². The molecule has 2 heterocycles. The molecule has 3 amide bonds. The largest absolute Gasteiger partial charge is 0.354 e. The molecule has 0 saturated carbocycles. The summed E-state index contributed by atoms with van der Waals surface area (Å²) in [5.41, 5.74) is 2.04.